The van der Waals surface area contributed by atoms with Gasteiger partial charge in [-0.15, -0.1) is 5.10 Å². The first-order valence-corrected chi connectivity index (χ1v) is 7.21. The third kappa shape index (κ3) is 4.71. The van der Waals surface area contributed by atoms with Crippen molar-refractivity contribution in [1.82, 2.24) is 15.4 Å². The average Bonchev–Trinajstić information content (AvgIpc) is 2.88. The van der Waals surface area contributed by atoms with Crippen molar-refractivity contribution >= 4 is 11.8 Å². The molecule has 1 aromatic heterocycles. The van der Waals surface area contributed by atoms with Crippen LogP contribution >= 0.6 is 0 Å². The highest BCUT2D eigenvalue weighted by Gasteiger charge is 2.10. The van der Waals surface area contributed by atoms with Gasteiger partial charge < -0.3 is 9.64 Å². The van der Waals surface area contributed by atoms with Gasteiger partial charge in [0.15, 0.2) is 0 Å². The average molecular weight is 302 g/mol. The number of anilines is 1. The minimum Gasteiger partial charge on any atom is -0.436 e. The summed E-state index contributed by atoms with van der Waals surface area (Å²) in [5.41, 5.74) is 1.22. The standard InChI is InChI=1S/C14H18N4O.CO2/c1-2-4-9-18(8-3-1)12-6-5-7-13(10-12)19-14-11-15-17-16-14;2-1-3/h5-7,10-11H,1-4,8-9H2,(H,15,16,17);. The highest BCUT2D eigenvalue weighted by molar-refractivity contribution is 5.51. The number of rotatable bonds is 3. The zero-order valence-corrected chi connectivity index (χ0v) is 12.2. The Balaban J connectivity index is 0.000000545. The molecule has 22 heavy (non-hydrogen) atoms. The molecule has 0 saturated carbocycles. The van der Waals surface area contributed by atoms with Gasteiger partial charge in [0, 0.05) is 24.8 Å². The molecule has 7 nitrogen and oxygen atoms in total. The number of hydrogen-bond acceptors (Lipinski definition) is 6. The van der Waals surface area contributed by atoms with E-state index >= 15 is 0 Å². The van der Waals surface area contributed by atoms with Crippen LogP contribution in [0.2, 0.25) is 0 Å². The molecule has 1 aliphatic rings. The van der Waals surface area contributed by atoms with Gasteiger partial charge in [-0.2, -0.15) is 19.9 Å². The predicted molar refractivity (Wildman–Crippen MR) is 78.6 cm³/mol. The molecule has 116 valence electrons. The van der Waals surface area contributed by atoms with Crippen molar-refractivity contribution in [2.75, 3.05) is 18.0 Å². The van der Waals surface area contributed by atoms with Crippen LogP contribution in [0.1, 0.15) is 25.7 Å². The van der Waals surface area contributed by atoms with E-state index in [1.807, 2.05) is 12.1 Å². The Labute approximate surface area is 128 Å². The molecule has 1 aliphatic heterocycles. The maximum atomic E-state index is 8.12. The number of ether oxygens (including phenoxy) is 1. The molecule has 1 N–H and O–H groups in total. The van der Waals surface area contributed by atoms with Crippen LogP contribution in [0, 0.1) is 0 Å². The summed E-state index contributed by atoms with van der Waals surface area (Å²) in [6, 6.07) is 8.17. The molecule has 2 aromatic rings. The molecular weight excluding hydrogens is 284 g/mol. The van der Waals surface area contributed by atoms with Crippen LogP contribution < -0.4 is 9.64 Å². The summed E-state index contributed by atoms with van der Waals surface area (Å²) in [7, 11) is 0. The topological polar surface area (TPSA) is 88.2 Å². The quantitative estimate of drug-likeness (QED) is 0.936. The molecular formula is C15H18N4O3. The molecule has 2 heterocycles. The first-order chi connectivity index (χ1) is 10.8. The number of nitrogens with one attached hydrogen (secondary N) is 1. The summed E-state index contributed by atoms with van der Waals surface area (Å²) in [5, 5.41) is 10.2. The summed E-state index contributed by atoms with van der Waals surface area (Å²) in [6.45, 7) is 2.26. The SMILES string of the molecule is O=C=O.c1cc(Oc2cn[nH]n2)cc(N2CCCCCC2)c1. The molecule has 0 radical (unpaired) electrons. The van der Waals surface area contributed by atoms with Gasteiger partial charge in [-0.05, 0) is 25.0 Å². The van der Waals surface area contributed by atoms with E-state index in [0.29, 0.717) is 5.88 Å². The first-order valence-electron chi connectivity index (χ1n) is 7.21. The lowest BCUT2D eigenvalue weighted by atomic mass is 10.2. The van der Waals surface area contributed by atoms with E-state index in [1.165, 1.54) is 31.4 Å². The van der Waals surface area contributed by atoms with Crippen molar-refractivity contribution in [2.24, 2.45) is 0 Å². The van der Waals surface area contributed by atoms with Gasteiger partial charge in [-0.1, -0.05) is 18.9 Å². The summed E-state index contributed by atoms with van der Waals surface area (Å²) in [6.07, 6.45) is 7.04. The zero-order valence-electron chi connectivity index (χ0n) is 12.2. The van der Waals surface area contributed by atoms with E-state index in [2.05, 4.69) is 32.4 Å². The summed E-state index contributed by atoms with van der Waals surface area (Å²) in [5.74, 6) is 1.30. The van der Waals surface area contributed by atoms with E-state index in [0.717, 1.165) is 18.8 Å². The van der Waals surface area contributed by atoms with Crippen molar-refractivity contribution in [3.05, 3.63) is 30.5 Å². The highest BCUT2D eigenvalue weighted by Crippen LogP contribution is 2.26. The highest BCUT2D eigenvalue weighted by atomic mass is 16.5. The lowest BCUT2D eigenvalue weighted by Gasteiger charge is -2.22. The van der Waals surface area contributed by atoms with Gasteiger partial charge in [0.1, 0.15) is 11.9 Å². The van der Waals surface area contributed by atoms with Crippen LogP contribution in [0.4, 0.5) is 5.69 Å². The molecule has 0 spiro atoms. The molecule has 1 fully saturated rings. The van der Waals surface area contributed by atoms with Gasteiger partial charge >= 0.3 is 6.15 Å². The van der Waals surface area contributed by atoms with E-state index in [1.54, 1.807) is 6.20 Å². The van der Waals surface area contributed by atoms with Crippen molar-refractivity contribution in [3.8, 4) is 11.6 Å². The van der Waals surface area contributed by atoms with Crippen LogP contribution in [0.5, 0.6) is 11.6 Å². The van der Waals surface area contributed by atoms with E-state index in [9.17, 15) is 0 Å². The van der Waals surface area contributed by atoms with Crippen LogP contribution in [0.3, 0.4) is 0 Å². The maximum Gasteiger partial charge on any atom is 0.373 e. The lowest BCUT2D eigenvalue weighted by Crippen LogP contribution is -2.23. The summed E-state index contributed by atoms with van der Waals surface area (Å²) >= 11 is 0. The first kappa shape index (κ1) is 15.7. The number of aromatic amines is 1. The Morgan fingerprint density at radius 2 is 1.86 bits per heavy atom. The van der Waals surface area contributed by atoms with Gasteiger partial charge in [0.2, 0.25) is 0 Å². The van der Waals surface area contributed by atoms with E-state index < -0.39 is 0 Å². The number of H-pyrrole nitrogens is 1. The second kappa shape index (κ2) is 8.59. The third-order valence-corrected chi connectivity index (χ3v) is 3.40. The van der Waals surface area contributed by atoms with Crippen LogP contribution in [-0.4, -0.2) is 34.7 Å². The summed E-state index contributed by atoms with van der Waals surface area (Å²) in [4.78, 5) is 18.7. The number of hydrogen-bond donors (Lipinski definition) is 1. The Morgan fingerprint density at radius 1 is 1.14 bits per heavy atom. The number of benzene rings is 1. The molecule has 1 aromatic carbocycles. The fraction of sp³-hybridized carbons (Fsp3) is 0.400. The minimum absolute atomic E-state index is 0.250. The Hall–Kier alpha value is -2.66. The van der Waals surface area contributed by atoms with Crippen molar-refractivity contribution < 1.29 is 14.3 Å². The Bertz CT molecular complexity index is 587. The minimum atomic E-state index is 0.250. The monoisotopic (exact) mass is 302 g/mol. The van der Waals surface area contributed by atoms with Crippen molar-refractivity contribution in [2.45, 2.75) is 25.7 Å². The second-order valence-electron chi connectivity index (χ2n) is 4.89. The maximum absolute atomic E-state index is 8.12. The normalized spacial score (nSPS) is 14.3. The molecule has 1 saturated heterocycles. The lowest BCUT2D eigenvalue weighted by molar-refractivity contribution is -0.191. The molecule has 0 unspecified atom stereocenters. The zero-order chi connectivity index (χ0) is 15.6. The number of carbonyl (C=O) groups excluding carboxylic acids is 2. The fourth-order valence-electron chi connectivity index (χ4n) is 2.43. The predicted octanol–water partition coefficient (Wildman–Crippen LogP) is 2.39. The smallest absolute Gasteiger partial charge is 0.373 e. The van der Waals surface area contributed by atoms with Gasteiger partial charge in [0.05, 0.1) is 0 Å². The molecule has 7 heteroatoms. The molecule has 0 bridgehead atoms. The fourth-order valence-corrected chi connectivity index (χ4v) is 2.43. The molecule has 0 amide bonds. The summed E-state index contributed by atoms with van der Waals surface area (Å²) < 4.78 is 5.65. The Morgan fingerprint density at radius 3 is 2.50 bits per heavy atom. The van der Waals surface area contributed by atoms with Crippen molar-refractivity contribution in [1.29, 1.82) is 0 Å². The van der Waals surface area contributed by atoms with Crippen LogP contribution in [-0.2, 0) is 9.59 Å². The number of nitrogens with zero attached hydrogens (tertiary/aromatic N) is 3. The van der Waals surface area contributed by atoms with Gasteiger partial charge in [-0.25, -0.2) is 0 Å². The second-order valence-corrected chi connectivity index (χ2v) is 4.89. The third-order valence-electron chi connectivity index (χ3n) is 3.40. The molecule has 0 atom stereocenters. The van der Waals surface area contributed by atoms with E-state index in [-0.39, 0.29) is 6.15 Å². The van der Waals surface area contributed by atoms with Gasteiger partial charge in [0.25, 0.3) is 5.88 Å². The van der Waals surface area contributed by atoms with E-state index in [4.69, 9.17) is 14.3 Å². The largest absolute Gasteiger partial charge is 0.436 e. The molecule has 0 aliphatic carbocycles. The molecule has 3 rings (SSSR count). The van der Waals surface area contributed by atoms with Gasteiger partial charge in [-0.3, -0.25) is 0 Å². The van der Waals surface area contributed by atoms with Crippen LogP contribution in [0.15, 0.2) is 30.5 Å². The van der Waals surface area contributed by atoms with Crippen molar-refractivity contribution in [3.63, 3.8) is 0 Å². The number of aromatic nitrogens is 3. The van der Waals surface area contributed by atoms with Crippen LogP contribution in [0.25, 0.3) is 0 Å². The Kier molecular flexibility index (Phi) is 6.14.